The highest BCUT2D eigenvalue weighted by molar-refractivity contribution is 7.99. The summed E-state index contributed by atoms with van der Waals surface area (Å²) in [7, 11) is 0. The molecule has 2 aromatic rings. The number of rotatable bonds is 3. The lowest BCUT2D eigenvalue weighted by Crippen LogP contribution is -2.34. The lowest BCUT2D eigenvalue weighted by molar-refractivity contribution is -0.171. The van der Waals surface area contributed by atoms with Crippen LogP contribution < -0.4 is 4.90 Å². The molecule has 4 heteroatoms. The first kappa shape index (κ1) is 18.0. The summed E-state index contributed by atoms with van der Waals surface area (Å²) in [6.45, 7) is 5.51. The monoisotopic (exact) mass is 391 g/mol. The number of allylic oxidation sites excluding steroid dienone is 2. The van der Waals surface area contributed by atoms with Gasteiger partial charge in [-0.25, -0.2) is 0 Å². The van der Waals surface area contributed by atoms with Crippen LogP contribution in [0.1, 0.15) is 32.1 Å². The molecule has 0 aromatic heterocycles. The number of para-hydroxylation sites is 2. The molecule has 2 aromatic carbocycles. The molecule has 1 spiro atoms. The fraction of sp³-hybridized carbons (Fsp3) is 0.333. The number of ether oxygens (including phenoxy) is 2. The van der Waals surface area contributed by atoms with E-state index in [-0.39, 0.29) is 5.79 Å². The Balaban J connectivity index is 1.58. The van der Waals surface area contributed by atoms with E-state index in [4.69, 9.17) is 9.47 Å². The Labute approximate surface area is 171 Å². The maximum Gasteiger partial charge on any atom is 0.169 e. The summed E-state index contributed by atoms with van der Waals surface area (Å²) in [5.41, 5.74) is 5.40. The fourth-order valence-electron chi connectivity index (χ4n) is 4.53. The van der Waals surface area contributed by atoms with Gasteiger partial charge in [0.2, 0.25) is 0 Å². The molecule has 3 aliphatic rings. The Morgan fingerprint density at radius 3 is 2.11 bits per heavy atom. The van der Waals surface area contributed by atoms with E-state index in [1.165, 1.54) is 32.4 Å². The molecule has 0 N–H and O–H groups in total. The zero-order valence-corrected chi connectivity index (χ0v) is 16.8. The van der Waals surface area contributed by atoms with Crippen molar-refractivity contribution in [3.05, 3.63) is 72.5 Å². The van der Waals surface area contributed by atoms with Crippen molar-refractivity contribution in [2.24, 2.45) is 0 Å². The maximum absolute atomic E-state index is 5.95. The van der Waals surface area contributed by atoms with E-state index in [1.54, 1.807) is 0 Å². The second-order valence-corrected chi connectivity index (χ2v) is 8.61. The van der Waals surface area contributed by atoms with Gasteiger partial charge in [-0.1, -0.05) is 42.1 Å². The molecule has 2 heterocycles. The van der Waals surface area contributed by atoms with Crippen LogP contribution in [0, 0.1) is 0 Å². The SMILES string of the molecule is C=CCC(=C1CCC2(CC1)OCCO2)N1c2ccccc2Sc2ccccc21. The molecule has 28 heavy (non-hydrogen) atoms. The van der Waals surface area contributed by atoms with E-state index >= 15 is 0 Å². The quantitative estimate of drug-likeness (QED) is 0.562. The van der Waals surface area contributed by atoms with Gasteiger partial charge in [-0.05, 0) is 42.7 Å². The van der Waals surface area contributed by atoms with E-state index in [1.807, 2.05) is 17.8 Å². The van der Waals surface area contributed by atoms with Crippen molar-refractivity contribution in [3.63, 3.8) is 0 Å². The van der Waals surface area contributed by atoms with Crippen LogP contribution in [0.15, 0.2) is 82.2 Å². The van der Waals surface area contributed by atoms with Gasteiger partial charge < -0.3 is 14.4 Å². The van der Waals surface area contributed by atoms with E-state index in [9.17, 15) is 0 Å². The van der Waals surface area contributed by atoms with Gasteiger partial charge in [-0.3, -0.25) is 0 Å². The molecular weight excluding hydrogens is 366 g/mol. The molecule has 1 saturated heterocycles. The first-order valence-corrected chi connectivity index (χ1v) is 10.9. The summed E-state index contributed by atoms with van der Waals surface area (Å²) in [6.07, 6.45) is 6.79. The highest BCUT2D eigenvalue weighted by atomic mass is 32.2. The Hall–Kier alpha value is -2.01. The highest BCUT2D eigenvalue weighted by Gasteiger charge is 2.40. The largest absolute Gasteiger partial charge is 0.348 e. The van der Waals surface area contributed by atoms with Crippen LogP contribution in [0.4, 0.5) is 11.4 Å². The zero-order chi connectivity index (χ0) is 19.0. The number of benzene rings is 2. The lowest BCUT2D eigenvalue weighted by Gasteiger charge is -2.38. The molecule has 0 unspecified atom stereocenters. The van der Waals surface area contributed by atoms with Crippen molar-refractivity contribution in [3.8, 4) is 0 Å². The molecule has 2 fully saturated rings. The van der Waals surface area contributed by atoms with Gasteiger partial charge in [0, 0.05) is 34.8 Å². The molecule has 0 bridgehead atoms. The number of fused-ring (bicyclic) bond motifs is 2. The van der Waals surface area contributed by atoms with Crippen LogP contribution in [0.3, 0.4) is 0 Å². The van der Waals surface area contributed by atoms with Gasteiger partial charge in [-0.15, -0.1) is 6.58 Å². The first-order chi connectivity index (χ1) is 13.8. The van der Waals surface area contributed by atoms with Gasteiger partial charge in [-0.2, -0.15) is 0 Å². The molecule has 2 aliphatic heterocycles. The van der Waals surface area contributed by atoms with Crippen molar-refractivity contribution in [2.75, 3.05) is 18.1 Å². The minimum Gasteiger partial charge on any atom is -0.348 e. The molecule has 1 aliphatic carbocycles. The van der Waals surface area contributed by atoms with Crippen molar-refractivity contribution < 1.29 is 9.47 Å². The van der Waals surface area contributed by atoms with Gasteiger partial charge in [0.05, 0.1) is 24.6 Å². The van der Waals surface area contributed by atoms with E-state index < -0.39 is 0 Å². The second kappa shape index (κ2) is 7.43. The van der Waals surface area contributed by atoms with Crippen molar-refractivity contribution in [1.29, 1.82) is 0 Å². The minimum atomic E-state index is -0.337. The van der Waals surface area contributed by atoms with Crippen LogP contribution in [0.5, 0.6) is 0 Å². The molecule has 5 rings (SSSR count). The fourth-order valence-corrected chi connectivity index (χ4v) is 5.59. The first-order valence-electron chi connectivity index (χ1n) is 10.1. The van der Waals surface area contributed by atoms with Crippen LogP contribution >= 0.6 is 11.8 Å². The van der Waals surface area contributed by atoms with Crippen LogP contribution in [-0.4, -0.2) is 19.0 Å². The van der Waals surface area contributed by atoms with Crippen molar-refractivity contribution in [1.82, 2.24) is 0 Å². The van der Waals surface area contributed by atoms with Gasteiger partial charge >= 0.3 is 0 Å². The molecule has 0 radical (unpaired) electrons. The summed E-state index contributed by atoms with van der Waals surface area (Å²) >= 11 is 1.85. The Kier molecular flexibility index (Phi) is 4.79. The summed E-state index contributed by atoms with van der Waals surface area (Å²) in [5.74, 6) is -0.337. The molecule has 144 valence electrons. The standard InChI is InChI=1S/C24H25NO2S/c1-2-7-19(18-12-14-24(15-13-18)26-16-17-27-24)25-20-8-3-5-10-22(20)28-23-11-6-4-9-21(23)25/h2-6,8-11H,1,7,12-17H2. The Morgan fingerprint density at radius 1 is 0.964 bits per heavy atom. The van der Waals surface area contributed by atoms with E-state index in [0.29, 0.717) is 0 Å². The second-order valence-electron chi connectivity index (χ2n) is 7.52. The predicted octanol–water partition coefficient (Wildman–Crippen LogP) is 6.44. The normalized spacial score (nSPS) is 20.0. The third-order valence-corrected chi connectivity index (χ3v) is 7.01. The summed E-state index contributed by atoms with van der Waals surface area (Å²) in [6, 6.07) is 17.4. The molecular formula is C24H25NO2S. The van der Waals surface area contributed by atoms with Crippen LogP contribution in [0.2, 0.25) is 0 Å². The summed E-state index contributed by atoms with van der Waals surface area (Å²) < 4.78 is 11.9. The predicted molar refractivity (Wildman–Crippen MR) is 114 cm³/mol. The molecule has 0 amide bonds. The summed E-state index contributed by atoms with van der Waals surface area (Å²) in [4.78, 5) is 5.07. The number of hydrogen-bond acceptors (Lipinski definition) is 4. The lowest BCUT2D eigenvalue weighted by atomic mass is 9.87. The zero-order valence-electron chi connectivity index (χ0n) is 16.0. The van der Waals surface area contributed by atoms with Gasteiger partial charge in [0.1, 0.15) is 0 Å². The average molecular weight is 392 g/mol. The third-order valence-electron chi connectivity index (χ3n) is 5.88. The number of hydrogen-bond donors (Lipinski definition) is 0. The Bertz CT molecular complexity index is 872. The maximum atomic E-state index is 5.95. The van der Waals surface area contributed by atoms with E-state index in [0.717, 1.165) is 45.3 Å². The number of nitrogens with zero attached hydrogens (tertiary/aromatic N) is 1. The highest BCUT2D eigenvalue weighted by Crippen LogP contribution is 2.51. The molecule has 3 nitrogen and oxygen atoms in total. The number of anilines is 2. The van der Waals surface area contributed by atoms with Crippen LogP contribution in [0.25, 0.3) is 0 Å². The van der Waals surface area contributed by atoms with Gasteiger partial charge in [0.25, 0.3) is 0 Å². The smallest absolute Gasteiger partial charge is 0.169 e. The molecule has 0 atom stereocenters. The topological polar surface area (TPSA) is 21.7 Å². The minimum absolute atomic E-state index is 0.337. The van der Waals surface area contributed by atoms with Crippen molar-refractivity contribution in [2.45, 2.75) is 47.7 Å². The van der Waals surface area contributed by atoms with Crippen molar-refractivity contribution >= 4 is 23.1 Å². The average Bonchev–Trinajstić information content (AvgIpc) is 3.19. The van der Waals surface area contributed by atoms with E-state index in [2.05, 4.69) is 60.0 Å². The van der Waals surface area contributed by atoms with Gasteiger partial charge in [0.15, 0.2) is 5.79 Å². The van der Waals surface area contributed by atoms with Crippen LogP contribution in [-0.2, 0) is 9.47 Å². The molecule has 1 saturated carbocycles. The third kappa shape index (κ3) is 3.10. The Morgan fingerprint density at radius 2 is 1.54 bits per heavy atom. The summed E-state index contributed by atoms with van der Waals surface area (Å²) in [5, 5.41) is 0.